The fourth-order valence-electron chi connectivity index (χ4n) is 5.68. The molecule has 0 saturated heterocycles. The van der Waals surface area contributed by atoms with Crippen molar-refractivity contribution in [1.29, 1.82) is 0 Å². The van der Waals surface area contributed by atoms with Crippen molar-refractivity contribution in [3.8, 4) is 33.4 Å². The summed E-state index contributed by atoms with van der Waals surface area (Å²) in [5.41, 5.74) is -1.25. The van der Waals surface area contributed by atoms with E-state index in [2.05, 4.69) is 0 Å². The van der Waals surface area contributed by atoms with E-state index in [4.69, 9.17) is 23.6 Å². The van der Waals surface area contributed by atoms with E-state index in [-0.39, 0.29) is 50.2 Å². The first kappa shape index (κ1) is 12.3. The standard InChI is InChI=1S/C42H26O/c1-2-15-31-27(11-1)12-10-21-32(31)28-13-9-14-29(25-28)41-35-17-3-5-19-37(35)42(38-20-6-4-18-36(38)41)30-23-24-34-33-16-7-8-22-39(33)43-40(34)26-30/h1-26H/i1D,2D,7D,8D,9D,10D,11D,12D,13D,14D,15D,16D,21D,22D,23D,24D,25D,26D. The Morgan fingerprint density at radius 1 is 0.395 bits per heavy atom. The van der Waals surface area contributed by atoms with E-state index in [9.17, 15) is 5.48 Å². The zero-order chi connectivity index (χ0) is 44.0. The van der Waals surface area contributed by atoms with Gasteiger partial charge < -0.3 is 4.42 Å². The molecule has 1 heteroatoms. The molecule has 0 atom stereocenters. The van der Waals surface area contributed by atoms with Crippen molar-refractivity contribution in [3.63, 3.8) is 0 Å². The molecular formula is C42H26O. The van der Waals surface area contributed by atoms with Gasteiger partial charge in [-0.3, -0.25) is 0 Å². The number of hydrogen-bond donors (Lipinski definition) is 0. The fourth-order valence-corrected chi connectivity index (χ4v) is 5.68. The third-order valence-corrected chi connectivity index (χ3v) is 7.50. The summed E-state index contributed by atoms with van der Waals surface area (Å²) >= 11 is 0. The zero-order valence-electron chi connectivity index (χ0n) is 40.0. The molecule has 0 saturated carbocycles. The molecule has 0 N–H and O–H groups in total. The van der Waals surface area contributed by atoms with Gasteiger partial charge in [0.15, 0.2) is 0 Å². The van der Waals surface area contributed by atoms with Crippen molar-refractivity contribution in [2.45, 2.75) is 0 Å². The third-order valence-electron chi connectivity index (χ3n) is 7.50. The molecule has 0 radical (unpaired) electrons. The SMILES string of the molecule is [2H]c1c([2H])c(-c2c3ccccc3c(-c3c([2H])c([2H])c4c(oc5c([2H])c([2H])c([2H])c([2H])c54)c3[2H])c3ccccc23)c([2H])c(-c2c([2H])c([2H])c([2H])c3c([2H])c([2H])c([2H])c([2H])c23)c1[2H]. The Balaban J connectivity index is 1.44. The van der Waals surface area contributed by atoms with Crippen molar-refractivity contribution in [1.82, 2.24) is 0 Å². The average Bonchev–Trinajstić information content (AvgIpc) is 3.66. The first-order chi connectivity index (χ1) is 28.8. The van der Waals surface area contributed by atoms with E-state index in [1.165, 1.54) is 0 Å². The van der Waals surface area contributed by atoms with Crippen LogP contribution in [0.3, 0.4) is 0 Å². The molecule has 1 nitrogen and oxygen atoms in total. The number of fused-ring (bicyclic) bond motifs is 6. The predicted octanol–water partition coefficient (Wildman–Crippen LogP) is 12.0. The first-order valence-electron chi connectivity index (χ1n) is 22.3. The molecule has 1 heterocycles. The zero-order valence-corrected chi connectivity index (χ0v) is 22.0. The molecule has 0 amide bonds. The van der Waals surface area contributed by atoms with Gasteiger partial charge >= 0.3 is 0 Å². The highest BCUT2D eigenvalue weighted by Gasteiger charge is 2.18. The summed E-state index contributed by atoms with van der Waals surface area (Å²) in [5.74, 6) is 0. The lowest BCUT2D eigenvalue weighted by atomic mass is 9.85. The van der Waals surface area contributed by atoms with Crippen LogP contribution in [-0.4, -0.2) is 0 Å². The molecule has 0 bridgehead atoms. The highest BCUT2D eigenvalue weighted by molar-refractivity contribution is 6.22. The van der Waals surface area contributed by atoms with Crippen molar-refractivity contribution >= 4 is 54.3 Å². The molecule has 43 heavy (non-hydrogen) atoms. The Kier molecular flexibility index (Phi) is 2.70. The lowest BCUT2D eigenvalue weighted by Gasteiger charge is -2.18. The van der Waals surface area contributed by atoms with E-state index in [0.29, 0.717) is 21.5 Å². The molecule has 0 aliphatic rings. The van der Waals surface area contributed by atoms with Crippen LogP contribution in [0.5, 0.6) is 0 Å². The van der Waals surface area contributed by atoms with E-state index < -0.39 is 125 Å². The molecule has 8 aromatic carbocycles. The van der Waals surface area contributed by atoms with Crippen molar-refractivity contribution in [2.75, 3.05) is 0 Å². The summed E-state index contributed by atoms with van der Waals surface area (Å²) in [6.07, 6.45) is 0. The largest absolute Gasteiger partial charge is 0.456 e. The maximum atomic E-state index is 9.73. The monoisotopic (exact) mass is 564 g/mol. The second kappa shape index (κ2) is 9.44. The summed E-state index contributed by atoms with van der Waals surface area (Å²) in [7, 11) is 0. The Bertz CT molecular complexity index is 3450. The second-order valence-electron chi connectivity index (χ2n) is 9.85. The highest BCUT2D eigenvalue weighted by Crippen LogP contribution is 2.45. The van der Waals surface area contributed by atoms with E-state index in [1.807, 2.05) is 0 Å². The van der Waals surface area contributed by atoms with Gasteiger partial charge in [-0.25, -0.2) is 0 Å². The topological polar surface area (TPSA) is 13.1 Å². The van der Waals surface area contributed by atoms with Gasteiger partial charge in [0, 0.05) is 10.8 Å². The van der Waals surface area contributed by atoms with Gasteiger partial charge in [-0.2, -0.15) is 0 Å². The molecule has 0 aliphatic carbocycles. The summed E-state index contributed by atoms with van der Waals surface area (Å²) in [4.78, 5) is 0. The number of benzene rings is 8. The van der Waals surface area contributed by atoms with Crippen LogP contribution in [0.25, 0.3) is 87.6 Å². The lowest BCUT2D eigenvalue weighted by Crippen LogP contribution is -1.91. The molecular weight excluding hydrogens is 520 g/mol. The van der Waals surface area contributed by atoms with E-state index in [0.717, 1.165) is 0 Å². The molecule has 0 fully saturated rings. The van der Waals surface area contributed by atoms with Crippen LogP contribution in [0.15, 0.2) is 162 Å². The predicted molar refractivity (Wildman–Crippen MR) is 183 cm³/mol. The molecule has 0 aliphatic heterocycles. The van der Waals surface area contributed by atoms with Crippen molar-refractivity contribution in [2.24, 2.45) is 0 Å². The Morgan fingerprint density at radius 2 is 0.953 bits per heavy atom. The van der Waals surface area contributed by atoms with Gasteiger partial charge in [-0.05, 0) is 89.9 Å². The molecule has 0 unspecified atom stereocenters. The quantitative estimate of drug-likeness (QED) is 0.195. The molecule has 9 aromatic rings. The van der Waals surface area contributed by atoms with Gasteiger partial charge in [-0.1, -0.05) is 133 Å². The lowest BCUT2D eigenvalue weighted by molar-refractivity contribution is 0.669. The van der Waals surface area contributed by atoms with Crippen molar-refractivity contribution < 1.29 is 29.1 Å². The maximum absolute atomic E-state index is 9.73. The number of rotatable bonds is 3. The minimum atomic E-state index is -0.736. The number of hydrogen-bond acceptors (Lipinski definition) is 1. The molecule has 0 spiro atoms. The second-order valence-corrected chi connectivity index (χ2v) is 9.85. The molecule has 200 valence electrons. The van der Waals surface area contributed by atoms with Crippen LogP contribution in [0.2, 0.25) is 0 Å². The van der Waals surface area contributed by atoms with E-state index >= 15 is 0 Å². The van der Waals surface area contributed by atoms with Gasteiger partial charge in [0.25, 0.3) is 0 Å². The maximum Gasteiger partial charge on any atom is 0.136 e. The van der Waals surface area contributed by atoms with Gasteiger partial charge in [0.05, 0.1) is 24.7 Å². The number of furan rings is 1. The minimum Gasteiger partial charge on any atom is -0.456 e. The Hall–Kier alpha value is -5.66. The normalized spacial score (nSPS) is 17.6. The summed E-state index contributed by atoms with van der Waals surface area (Å²) in [6.45, 7) is 0. The summed E-state index contributed by atoms with van der Waals surface area (Å²) < 4.78 is 165. The highest BCUT2D eigenvalue weighted by atomic mass is 16.3. The van der Waals surface area contributed by atoms with Crippen LogP contribution in [0, 0.1) is 0 Å². The minimum absolute atomic E-state index is 0.0794. The average molecular weight is 565 g/mol. The van der Waals surface area contributed by atoms with Crippen LogP contribution in [0.4, 0.5) is 0 Å². The van der Waals surface area contributed by atoms with Gasteiger partial charge in [-0.15, -0.1) is 0 Å². The van der Waals surface area contributed by atoms with Gasteiger partial charge in [0.1, 0.15) is 11.2 Å². The van der Waals surface area contributed by atoms with Crippen LogP contribution >= 0.6 is 0 Å². The van der Waals surface area contributed by atoms with Crippen molar-refractivity contribution in [3.05, 3.63) is 157 Å². The van der Waals surface area contributed by atoms with Crippen LogP contribution < -0.4 is 0 Å². The van der Waals surface area contributed by atoms with Crippen LogP contribution in [0.1, 0.15) is 24.7 Å². The van der Waals surface area contributed by atoms with Gasteiger partial charge in [0.2, 0.25) is 0 Å². The molecule has 9 rings (SSSR count). The summed E-state index contributed by atoms with van der Waals surface area (Å²) in [5, 5.41) is 0.305. The fraction of sp³-hybridized carbons (Fsp3) is 0. The van der Waals surface area contributed by atoms with E-state index in [1.54, 1.807) is 48.5 Å². The molecule has 1 aromatic heterocycles. The number of para-hydroxylation sites is 1. The van der Waals surface area contributed by atoms with Crippen LogP contribution in [-0.2, 0) is 0 Å². The Labute approximate surface area is 274 Å². The smallest absolute Gasteiger partial charge is 0.136 e. The third kappa shape index (κ3) is 3.72. The first-order valence-corrected chi connectivity index (χ1v) is 13.3. The summed E-state index contributed by atoms with van der Waals surface area (Å²) in [6, 6.07) is 2.44. The Morgan fingerprint density at radius 3 is 1.70 bits per heavy atom.